The summed E-state index contributed by atoms with van der Waals surface area (Å²) >= 11 is 18.2. The van der Waals surface area contributed by atoms with Gasteiger partial charge in [0.05, 0.1) is 5.56 Å². The number of nitrogens with zero attached hydrogens (tertiary/aromatic N) is 1. The van der Waals surface area contributed by atoms with Crippen LogP contribution in [0.3, 0.4) is 0 Å². The van der Waals surface area contributed by atoms with Gasteiger partial charge in [-0.2, -0.15) is 13.2 Å². The van der Waals surface area contributed by atoms with Gasteiger partial charge in [-0.05, 0) is 48.7 Å². The summed E-state index contributed by atoms with van der Waals surface area (Å²) in [7, 11) is 0. The molecule has 174 valence electrons. The zero-order valence-electron chi connectivity index (χ0n) is 17.1. The maximum absolute atomic E-state index is 14.4. The second-order valence-corrected chi connectivity index (χ2v) is 9.27. The summed E-state index contributed by atoms with van der Waals surface area (Å²) in [5, 5.41) is 3.18. The minimum absolute atomic E-state index is 0.0496. The molecule has 4 nitrogen and oxygen atoms in total. The van der Waals surface area contributed by atoms with E-state index in [1.807, 2.05) is 0 Å². The van der Waals surface area contributed by atoms with Crippen LogP contribution in [-0.4, -0.2) is 22.3 Å². The SMILES string of the molecule is O=C(NC1CCCC1)C(=O)c1c(C(F)(F)F)n(Cc2ccc(Cl)cc2Cl)c2ccc(Cl)cc12. The number of aromatic nitrogens is 1. The first-order valence-corrected chi connectivity index (χ1v) is 11.4. The van der Waals surface area contributed by atoms with Crippen molar-refractivity contribution in [2.45, 2.75) is 44.4 Å². The average molecular weight is 518 g/mol. The van der Waals surface area contributed by atoms with Crippen molar-refractivity contribution in [2.75, 3.05) is 0 Å². The van der Waals surface area contributed by atoms with Gasteiger partial charge in [-0.25, -0.2) is 0 Å². The van der Waals surface area contributed by atoms with E-state index in [-0.39, 0.29) is 33.5 Å². The molecule has 1 aliphatic rings. The summed E-state index contributed by atoms with van der Waals surface area (Å²) in [6.45, 7) is -0.291. The van der Waals surface area contributed by atoms with Gasteiger partial charge < -0.3 is 9.88 Å². The second-order valence-electron chi connectivity index (χ2n) is 7.99. The smallest absolute Gasteiger partial charge is 0.346 e. The molecule has 1 aromatic heterocycles. The van der Waals surface area contributed by atoms with Crippen molar-refractivity contribution < 1.29 is 22.8 Å². The lowest BCUT2D eigenvalue weighted by Crippen LogP contribution is -2.38. The molecule has 0 saturated heterocycles. The van der Waals surface area contributed by atoms with Gasteiger partial charge in [-0.1, -0.05) is 53.7 Å². The number of benzene rings is 2. The molecule has 1 N–H and O–H groups in total. The monoisotopic (exact) mass is 516 g/mol. The van der Waals surface area contributed by atoms with E-state index in [0.717, 1.165) is 17.4 Å². The molecule has 10 heteroatoms. The highest BCUT2D eigenvalue weighted by molar-refractivity contribution is 6.45. The zero-order valence-corrected chi connectivity index (χ0v) is 19.4. The lowest BCUT2D eigenvalue weighted by molar-refractivity contribution is -0.143. The predicted octanol–water partition coefficient (Wildman–Crippen LogP) is 6.91. The van der Waals surface area contributed by atoms with E-state index in [0.29, 0.717) is 23.4 Å². The maximum atomic E-state index is 14.4. The molecule has 4 rings (SSSR count). The first-order chi connectivity index (χ1) is 15.6. The molecule has 0 unspecified atom stereocenters. The fourth-order valence-corrected chi connectivity index (χ4v) is 4.91. The summed E-state index contributed by atoms with van der Waals surface area (Å²) in [6.07, 6.45) is -1.77. The Morgan fingerprint density at radius 2 is 1.64 bits per heavy atom. The Bertz CT molecular complexity index is 1250. The van der Waals surface area contributed by atoms with Gasteiger partial charge in [0.2, 0.25) is 0 Å². The second kappa shape index (κ2) is 9.20. The van der Waals surface area contributed by atoms with Crippen LogP contribution in [0.25, 0.3) is 10.9 Å². The Balaban J connectivity index is 1.89. The number of Topliss-reactive ketones (excluding diaryl/α,β-unsaturated/α-hetero) is 1. The average Bonchev–Trinajstić information content (AvgIpc) is 3.35. The Labute approximate surface area is 202 Å². The number of rotatable bonds is 5. The Kier molecular flexibility index (Phi) is 6.67. The summed E-state index contributed by atoms with van der Waals surface area (Å²) < 4.78 is 44.0. The number of ketones is 1. The zero-order chi connectivity index (χ0) is 23.9. The van der Waals surface area contributed by atoms with Crippen molar-refractivity contribution in [3.05, 3.63) is 68.3 Å². The highest BCUT2D eigenvalue weighted by atomic mass is 35.5. The van der Waals surface area contributed by atoms with Crippen molar-refractivity contribution in [1.82, 2.24) is 9.88 Å². The Hall–Kier alpha value is -2.22. The highest BCUT2D eigenvalue weighted by Crippen LogP contribution is 2.40. The normalized spacial score (nSPS) is 14.7. The van der Waals surface area contributed by atoms with Crippen LogP contribution in [-0.2, 0) is 17.5 Å². The van der Waals surface area contributed by atoms with Crippen LogP contribution in [0.5, 0.6) is 0 Å². The minimum atomic E-state index is -4.93. The first kappa shape index (κ1) is 23.9. The van der Waals surface area contributed by atoms with Gasteiger partial charge in [0, 0.05) is 38.6 Å². The lowest BCUT2D eigenvalue weighted by atomic mass is 10.0. The number of nitrogens with one attached hydrogen (secondary N) is 1. The molecule has 1 fully saturated rings. The predicted molar refractivity (Wildman–Crippen MR) is 122 cm³/mol. The van der Waals surface area contributed by atoms with Gasteiger partial charge >= 0.3 is 6.18 Å². The molecule has 1 aliphatic carbocycles. The van der Waals surface area contributed by atoms with Gasteiger partial charge in [0.25, 0.3) is 11.7 Å². The highest BCUT2D eigenvalue weighted by Gasteiger charge is 2.43. The molecule has 0 spiro atoms. The quantitative estimate of drug-likeness (QED) is 0.295. The maximum Gasteiger partial charge on any atom is 0.432 e. The fourth-order valence-electron chi connectivity index (χ4n) is 4.27. The van der Waals surface area contributed by atoms with Crippen LogP contribution < -0.4 is 5.32 Å². The fraction of sp³-hybridized carbons (Fsp3) is 0.304. The molecule has 1 saturated carbocycles. The molecule has 1 amide bonds. The van der Waals surface area contributed by atoms with E-state index in [4.69, 9.17) is 34.8 Å². The van der Waals surface area contributed by atoms with E-state index in [2.05, 4.69) is 5.32 Å². The van der Waals surface area contributed by atoms with Crippen molar-refractivity contribution in [2.24, 2.45) is 0 Å². The number of hydrogen-bond donors (Lipinski definition) is 1. The van der Waals surface area contributed by atoms with Crippen molar-refractivity contribution in [3.63, 3.8) is 0 Å². The van der Waals surface area contributed by atoms with E-state index < -0.39 is 29.1 Å². The molecule has 1 heterocycles. The van der Waals surface area contributed by atoms with Gasteiger partial charge in [-0.15, -0.1) is 0 Å². The van der Waals surface area contributed by atoms with Crippen LogP contribution in [0, 0.1) is 0 Å². The third-order valence-electron chi connectivity index (χ3n) is 5.76. The summed E-state index contributed by atoms with van der Waals surface area (Å²) in [6, 6.07) is 8.32. The largest absolute Gasteiger partial charge is 0.432 e. The van der Waals surface area contributed by atoms with Crippen molar-refractivity contribution in [3.8, 4) is 0 Å². The van der Waals surface area contributed by atoms with Crippen LogP contribution in [0.15, 0.2) is 36.4 Å². The van der Waals surface area contributed by atoms with Crippen molar-refractivity contribution in [1.29, 1.82) is 0 Å². The topological polar surface area (TPSA) is 51.1 Å². The molecule has 0 radical (unpaired) electrons. The minimum Gasteiger partial charge on any atom is -0.346 e. The lowest BCUT2D eigenvalue weighted by Gasteiger charge is -2.16. The van der Waals surface area contributed by atoms with Gasteiger partial charge in [0.1, 0.15) is 5.69 Å². The molecule has 3 aromatic rings. The molecule has 2 aromatic carbocycles. The van der Waals surface area contributed by atoms with Gasteiger partial charge in [-0.3, -0.25) is 9.59 Å². The molecule has 33 heavy (non-hydrogen) atoms. The van der Waals surface area contributed by atoms with Crippen LogP contribution >= 0.6 is 34.8 Å². The third kappa shape index (κ3) is 4.86. The number of carbonyl (C=O) groups is 2. The first-order valence-electron chi connectivity index (χ1n) is 10.2. The Morgan fingerprint density at radius 1 is 1.00 bits per heavy atom. The van der Waals surface area contributed by atoms with E-state index in [1.165, 1.54) is 36.4 Å². The summed E-state index contributed by atoms with van der Waals surface area (Å²) in [5.41, 5.74) is -1.47. The number of amides is 1. The number of hydrogen-bond acceptors (Lipinski definition) is 2. The Morgan fingerprint density at radius 3 is 2.27 bits per heavy atom. The van der Waals surface area contributed by atoms with E-state index in [1.54, 1.807) is 0 Å². The standard InChI is InChI=1S/C23H18Cl3F3N2O2/c24-13-7-8-18-16(9-13)19(20(32)22(33)30-15-3-1-2-4-15)21(23(27,28)29)31(18)11-12-5-6-14(25)10-17(12)26/h5-10,15H,1-4,11H2,(H,30,33). The number of carbonyl (C=O) groups excluding carboxylic acids is 2. The summed E-state index contributed by atoms with van der Waals surface area (Å²) in [4.78, 5) is 25.8. The molecule has 0 aliphatic heterocycles. The molecular weight excluding hydrogens is 500 g/mol. The van der Waals surface area contributed by atoms with E-state index >= 15 is 0 Å². The van der Waals surface area contributed by atoms with Gasteiger partial charge in [0.15, 0.2) is 0 Å². The van der Waals surface area contributed by atoms with E-state index in [9.17, 15) is 22.8 Å². The van der Waals surface area contributed by atoms with Crippen LogP contribution in [0.4, 0.5) is 13.2 Å². The number of alkyl halides is 3. The van der Waals surface area contributed by atoms with Crippen LogP contribution in [0.2, 0.25) is 15.1 Å². The molecule has 0 atom stereocenters. The van der Waals surface area contributed by atoms with Crippen LogP contribution in [0.1, 0.15) is 47.3 Å². The van der Waals surface area contributed by atoms with Crippen molar-refractivity contribution >= 4 is 57.4 Å². The molecular formula is C23H18Cl3F3N2O2. The molecule has 0 bridgehead atoms. The third-order valence-corrected chi connectivity index (χ3v) is 6.58. The number of halogens is 6. The number of fused-ring (bicyclic) bond motifs is 1. The summed E-state index contributed by atoms with van der Waals surface area (Å²) in [5.74, 6) is -2.31.